The lowest BCUT2D eigenvalue weighted by atomic mass is 10.0. The number of aromatic nitrogens is 1. The van der Waals surface area contributed by atoms with Gasteiger partial charge >= 0.3 is 6.03 Å². The topological polar surface area (TPSA) is 54.0 Å². The molecule has 6 heteroatoms. The van der Waals surface area contributed by atoms with Crippen LogP contribution in [0.3, 0.4) is 0 Å². The molecule has 4 nitrogen and oxygen atoms in total. The maximum Gasteiger partial charge on any atom is 0.315 e. The molecule has 2 heterocycles. The van der Waals surface area contributed by atoms with E-state index in [1.165, 1.54) is 15.3 Å². The zero-order valence-electron chi connectivity index (χ0n) is 12.7. The van der Waals surface area contributed by atoms with Crippen molar-refractivity contribution in [1.82, 2.24) is 15.6 Å². The van der Waals surface area contributed by atoms with Gasteiger partial charge in [0.2, 0.25) is 0 Å². The quantitative estimate of drug-likeness (QED) is 0.898. The molecular formula is C16H19N3OS2. The lowest BCUT2D eigenvalue weighted by Gasteiger charge is -2.25. The first-order valence-corrected chi connectivity index (χ1v) is 9.12. The third-order valence-electron chi connectivity index (χ3n) is 3.74. The summed E-state index contributed by atoms with van der Waals surface area (Å²) < 4.78 is 0. The standard InChI is InChI=1S/C16H19N3OS2/c1-10-11(2)22-15(18-10)9-17-16(20)19-13-7-8-21-14-6-4-3-5-12(13)14/h3-6,13H,7-9H2,1-2H3,(H2,17,19,20). The van der Waals surface area contributed by atoms with Gasteiger partial charge in [-0.15, -0.1) is 23.1 Å². The highest BCUT2D eigenvalue weighted by Crippen LogP contribution is 2.35. The van der Waals surface area contributed by atoms with Gasteiger partial charge in [0.15, 0.2) is 0 Å². The Morgan fingerprint density at radius 3 is 2.95 bits per heavy atom. The number of rotatable bonds is 3. The van der Waals surface area contributed by atoms with Crippen molar-refractivity contribution in [3.63, 3.8) is 0 Å². The Hall–Kier alpha value is -1.53. The number of hydrogen-bond donors (Lipinski definition) is 2. The second-order valence-corrected chi connectivity index (χ2v) is 7.73. The smallest absolute Gasteiger partial charge is 0.315 e. The Kier molecular flexibility index (Phi) is 4.69. The molecule has 0 bridgehead atoms. The molecule has 116 valence electrons. The minimum absolute atomic E-state index is 0.0946. The van der Waals surface area contributed by atoms with Crippen LogP contribution in [0.2, 0.25) is 0 Å². The van der Waals surface area contributed by atoms with Crippen molar-refractivity contribution in [2.24, 2.45) is 0 Å². The highest BCUT2D eigenvalue weighted by atomic mass is 32.2. The number of urea groups is 1. The molecule has 1 atom stereocenters. The fourth-order valence-corrected chi connectivity index (χ4v) is 4.47. The number of carbonyl (C=O) groups excluding carboxylic acids is 1. The molecule has 0 radical (unpaired) electrons. The van der Waals surface area contributed by atoms with Gasteiger partial charge in [-0.25, -0.2) is 9.78 Å². The maximum atomic E-state index is 12.1. The number of thioether (sulfide) groups is 1. The molecule has 0 spiro atoms. The Morgan fingerprint density at radius 2 is 2.18 bits per heavy atom. The summed E-state index contributed by atoms with van der Waals surface area (Å²) in [6, 6.07) is 8.25. The van der Waals surface area contributed by atoms with Crippen molar-refractivity contribution >= 4 is 29.1 Å². The number of thiazole rings is 1. The zero-order valence-corrected chi connectivity index (χ0v) is 14.3. The van der Waals surface area contributed by atoms with Gasteiger partial charge in [0.05, 0.1) is 18.3 Å². The lowest BCUT2D eigenvalue weighted by molar-refractivity contribution is 0.236. The Labute approximate surface area is 138 Å². The molecule has 0 saturated carbocycles. The van der Waals surface area contributed by atoms with Gasteiger partial charge in [-0.2, -0.15) is 0 Å². The van der Waals surface area contributed by atoms with Crippen LogP contribution in [0.25, 0.3) is 0 Å². The summed E-state index contributed by atoms with van der Waals surface area (Å²) in [5.41, 5.74) is 2.26. The van der Waals surface area contributed by atoms with E-state index in [1.54, 1.807) is 11.3 Å². The minimum Gasteiger partial charge on any atom is -0.332 e. The average Bonchev–Trinajstić information content (AvgIpc) is 2.84. The average molecular weight is 333 g/mol. The first-order chi connectivity index (χ1) is 10.6. The summed E-state index contributed by atoms with van der Waals surface area (Å²) in [7, 11) is 0. The minimum atomic E-state index is -0.128. The Balaban J connectivity index is 1.58. The predicted octanol–water partition coefficient (Wildman–Crippen LogP) is 3.80. The summed E-state index contributed by atoms with van der Waals surface area (Å²) in [6.45, 7) is 4.52. The van der Waals surface area contributed by atoms with Gasteiger partial charge in [-0.05, 0) is 31.9 Å². The number of benzene rings is 1. The van der Waals surface area contributed by atoms with Crippen LogP contribution in [0.5, 0.6) is 0 Å². The zero-order chi connectivity index (χ0) is 15.5. The van der Waals surface area contributed by atoms with Crippen LogP contribution >= 0.6 is 23.1 Å². The van der Waals surface area contributed by atoms with E-state index in [1.807, 2.05) is 37.7 Å². The monoisotopic (exact) mass is 333 g/mol. The summed E-state index contributed by atoms with van der Waals surface area (Å²) in [4.78, 5) is 19.0. The Morgan fingerprint density at radius 1 is 1.36 bits per heavy atom. The van der Waals surface area contributed by atoms with Crippen LogP contribution in [0, 0.1) is 13.8 Å². The first kappa shape index (κ1) is 15.4. The summed E-state index contributed by atoms with van der Waals surface area (Å²) in [6.07, 6.45) is 0.963. The number of fused-ring (bicyclic) bond motifs is 1. The number of aryl methyl sites for hydroxylation is 2. The fourth-order valence-electron chi connectivity index (χ4n) is 2.47. The third kappa shape index (κ3) is 3.44. The molecule has 22 heavy (non-hydrogen) atoms. The molecule has 0 fully saturated rings. The number of hydrogen-bond acceptors (Lipinski definition) is 4. The van der Waals surface area contributed by atoms with Crippen molar-refractivity contribution < 1.29 is 4.79 Å². The second kappa shape index (κ2) is 6.71. The maximum absolute atomic E-state index is 12.1. The predicted molar refractivity (Wildman–Crippen MR) is 91.5 cm³/mol. The molecule has 2 aromatic rings. The van der Waals surface area contributed by atoms with Gasteiger partial charge in [0.25, 0.3) is 0 Å². The molecule has 1 aromatic heterocycles. The van der Waals surface area contributed by atoms with Gasteiger partial charge in [0.1, 0.15) is 5.01 Å². The number of amides is 2. The third-order valence-corrected chi connectivity index (χ3v) is 5.93. The van der Waals surface area contributed by atoms with Crippen molar-refractivity contribution in [3.05, 3.63) is 45.4 Å². The molecule has 2 amide bonds. The summed E-state index contributed by atoms with van der Waals surface area (Å²) in [5.74, 6) is 1.03. The summed E-state index contributed by atoms with van der Waals surface area (Å²) in [5, 5.41) is 6.94. The van der Waals surface area contributed by atoms with Crippen LogP contribution in [0.1, 0.15) is 33.6 Å². The molecule has 2 N–H and O–H groups in total. The molecular weight excluding hydrogens is 314 g/mol. The normalized spacial score (nSPS) is 16.9. The molecule has 1 aromatic carbocycles. The highest BCUT2D eigenvalue weighted by molar-refractivity contribution is 7.99. The van der Waals surface area contributed by atoms with Crippen LogP contribution < -0.4 is 10.6 Å². The molecule has 1 aliphatic heterocycles. The van der Waals surface area contributed by atoms with Crippen molar-refractivity contribution in [2.45, 2.75) is 37.8 Å². The van der Waals surface area contributed by atoms with Gasteiger partial charge in [-0.3, -0.25) is 0 Å². The van der Waals surface area contributed by atoms with Gasteiger partial charge in [-0.1, -0.05) is 18.2 Å². The van der Waals surface area contributed by atoms with Crippen LogP contribution in [0.15, 0.2) is 29.2 Å². The lowest BCUT2D eigenvalue weighted by Crippen LogP contribution is -2.38. The van der Waals surface area contributed by atoms with Crippen LogP contribution in [-0.2, 0) is 6.54 Å². The number of nitrogens with one attached hydrogen (secondary N) is 2. The van der Waals surface area contributed by atoms with Crippen molar-refractivity contribution in [2.75, 3.05) is 5.75 Å². The molecule has 1 aliphatic rings. The largest absolute Gasteiger partial charge is 0.332 e. The van der Waals surface area contributed by atoms with E-state index < -0.39 is 0 Å². The van der Waals surface area contributed by atoms with Crippen molar-refractivity contribution in [1.29, 1.82) is 0 Å². The molecule has 1 unspecified atom stereocenters. The van der Waals surface area contributed by atoms with E-state index in [0.717, 1.165) is 22.9 Å². The van der Waals surface area contributed by atoms with Gasteiger partial charge < -0.3 is 10.6 Å². The molecule has 0 aliphatic carbocycles. The van der Waals surface area contributed by atoms with Crippen LogP contribution in [0.4, 0.5) is 4.79 Å². The highest BCUT2D eigenvalue weighted by Gasteiger charge is 2.21. The van der Waals surface area contributed by atoms with E-state index in [2.05, 4.69) is 27.8 Å². The molecule has 3 rings (SSSR count). The van der Waals surface area contributed by atoms with Crippen molar-refractivity contribution in [3.8, 4) is 0 Å². The van der Waals surface area contributed by atoms with Gasteiger partial charge in [0, 0.05) is 15.5 Å². The van der Waals surface area contributed by atoms with E-state index in [9.17, 15) is 4.79 Å². The number of carbonyl (C=O) groups is 1. The van der Waals surface area contributed by atoms with E-state index in [0.29, 0.717) is 6.54 Å². The van der Waals surface area contributed by atoms with E-state index in [-0.39, 0.29) is 12.1 Å². The number of nitrogens with zero attached hydrogens (tertiary/aromatic N) is 1. The summed E-state index contributed by atoms with van der Waals surface area (Å²) >= 11 is 3.49. The fraction of sp³-hybridized carbons (Fsp3) is 0.375. The van der Waals surface area contributed by atoms with E-state index >= 15 is 0 Å². The first-order valence-electron chi connectivity index (χ1n) is 7.32. The molecule has 0 saturated heterocycles. The Bertz CT molecular complexity index is 664. The SMILES string of the molecule is Cc1nc(CNC(=O)NC2CCSc3ccccc32)sc1C. The second-order valence-electron chi connectivity index (χ2n) is 5.30. The van der Waals surface area contributed by atoms with E-state index in [4.69, 9.17) is 0 Å². The van der Waals surface area contributed by atoms with Crippen LogP contribution in [-0.4, -0.2) is 16.8 Å².